The molecule has 0 unspecified atom stereocenters. The number of phenols is 1. The second kappa shape index (κ2) is 4.08. The normalized spacial score (nSPS) is 11.5. The highest BCUT2D eigenvalue weighted by atomic mass is 35.7. The van der Waals surface area contributed by atoms with Crippen molar-refractivity contribution in [1.82, 2.24) is 0 Å². The summed E-state index contributed by atoms with van der Waals surface area (Å²) in [6.07, 6.45) is 0. The molecule has 0 heterocycles. The minimum Gasteiger partial charge on any atom is -0.505 e. The van der Waals surface area contributed by atoms with Gasteiger partial charge in [0.15, 0.2) is 5.75 Å². The lowest BCUT2D eigenvalue weighted by molar-refractivity contribution is 0.402. The molecular weight excluding hydrogens is 263 g/mol. The van der Waals surface area contributed by atoms with E-state index in [-0.39, 0.29) is 10.8 Å². The minimum atomic E-state index is -4.02. The molecule has 0 fully saturated rings. The van der Waals surface area contributed by atoms with E-state index in [2.05, 4.69) is 0 Å². The Morgan fingerprint density at radius 2 is 2.00 bits per heavy atom. The topological polar surface area (TPSA) is 63.6 Å². The van der Waals surface area contributed by atoms with Gasteiger partial charge in [-0.25, -0.2) is 8.42 Å². The molecular formula is C8H8Cl2O4S. The Bertz CT molecular complexity index is 496. The molecule has 1 aromatic rings. The summed E-state index contributed by atoms with van der Waals surface area (Å²) in [5.41, 5.74) is 0.472. The van der Waals surface area contributed by atoms with Gasteiger partial charge in [0.2, 0.25) is 0 Å². The number of phenolic OH excluding ortho intramolecular Hbond substituents is 1. The molecule has 0 bridgehead atoms. The summed E-state index contributed by atoms with van der Waals surface area (Å²) in [6.45, 7) is 1.59. The number of methoxy groups -OCH3 is 1. The van der Waals surface area contributed by atoms with Crippen molar-refractivity contribution >= 4 is 31.3 Å². The number of hydrogen-bond acceptors (Lipinski definition) is 4. The van der Waals surface area contributed by atoms with Crippen LogP contribution >= 0.6 is 22.3 Å². The standard InChI is InChI=1S/C8H8Cl2O4S/c1-4-3-5(15(10,12)13)7(11)6(9)8(4)14-2/h3,11H,1-2H3. The van der Waals surface area contributed by atoms with Gasteiger partial charge in [0.1, 0.15) is 15.7 Å². The van der Waals surface area contributed by atoms with Crippen LogP contribution in [0.4, 0.5) is 0 Å². The highest BCUT2D eigenvalue weighted by molar-refractivity contribution is 8.13. The van der Waals surface area contributed by atoms with Crippen LogP contribution < -0.4 is 4.74 Å². The van der Waals surface area contributed by atoms with Crippen molar-refractivity contribution in [2.24, 2.45) is 0 Å². The van der Waals surface area contributed by atoms with Crippen molar-refractivity contribution < 1.29 is 18.3 Å². The smallest absolute Gasteiger partial charge is 0.265 e. The minimum absolute atomic E-state index is 0.170. The zero-order valence-electron chi connectivity index (χ0n) is 7.91. The van der Waals surface area contributed by atoms with E-state index in [1.807, 2.05) is 0 Å². The molecule has 0 aliphatic carbocycles. The van der Waals surface area contributed by atoms with E-state index in [4.69, 9.17) is 27.0 Å². The Morgan fingerprint density at radius 1 is 1.47 bits per heavy atom. The van der Waals surface area contributed by atoms with Crippen molar-refractivity contribution in [2.45, 2.75) is 11.8 Å². The third-order valence-corrected chi connectivity index (χ3v) is 3.50. The van der Waals surface area contributed by atoms with Gasteiger partial charge in [-0.1, -0.05) is 11.6 Å². The van der Waals surface area contributed by atoms with Gasteiger partial charge in [0.05, 0.1) is 7.11 Å². The molecule has 7 heteroatoms. The van der Waals surface area contributed by atoms with Crippen molar-refractivity contribution in [2.75, 3.05) is 7.11 Å². The fourth-order valence-electron chi connectivity index (χ4n) is 1.16. The van der Waals surface area contributed by atoms with Crippen molar-refractivity contribution in [3.8, 4) is 11.5 Å². The van der Waals surface area contributed by atoms with E-state index < -0.39 is 19.7 Å². The Hall–Kier alpha value is -0.650. The number of benzene rings is 1. The number of aryl methyl sites for hydroxylation is 1. The third-order valence-electron chi connectivity index (χ3n) is 1.81. The Labute approximate surface area is 96.8 Å². The summed E-state index contributed by atoms with van der Waals surface area (Å²) < 4.78 is 27.0. The molecule has 15 heavy (non-hydrogen) atoms. The van der Waals surface area contributed by atoms with Crippen LogP contribution in [0, 0.1) is 6.92 Å². The first-order valence-corrected chi connectivity index (χ1v) is 6.48. The maximum absolute atomic E-state index is 11.1. The summed E-state index contributed by atoms with van der Waals surface area (Å²) >= 11 is 5.71. The zero-order valence-corrected chi connectivity index (χ0v) is 10.2. The predicted molar refractivity (Wildman–Crippen MR) is 57.4 cm³/mol. The second-order valence-electron chi connectivity index (χ2n) is 2.83. The van der Waals surface area contributed by atoms with Gasteiger partial charge in [0.25, 0.3) is 9.05 Å². The van der Waals surface area contributed by atoms with Gasteiger partial charge < -0.3 is 9.84 Å². The van der Waals surface area contributed by atoms with Gasteiger partial charge in [-0.05, 0) is 18.6 Å². The number of halogens is 2. The summed E-state index contributed by atoms with van der Waals surface area (Å²) in [4.78, 5) is -0.424. The quantitative estimate of drug-likeness (QED) is 0.838. The monoisotopic (exact) mass is 270 g/mol. The molecule has 0 saturated heterocycles. The predicted octanol–water partition coefficient (Wildman–Crippen LogP) is 2.29. The largest absolute Gasteiger partial charge is 0.505 e. The van der Waals surface area contributed by atoms with Crippen LogP contribution in [0.25, 0.3) is 0 Å². The molecule has 0 saturated carbocycles. The highest BCUT2D eigenvalue weighted by Crippen LogP contribution is 2.41. The molecule has 0 aliphatic heterocycles. The second-order valence-corrected chi connectivity index (χ2v) is 5.74. The van der Waals surface area contributed by atoms with Gasteiger partial charge in [0, 0.05) is 10.7 Å². The SMILES string of the molecule is COc1c(C)cc(S(=O)(=O)Cl)c(O)c1Cl. The van der Waals surface area contributed by atoms with Crippen molar-refractivity contribution in [1.29, 1.82) is 0 Å². The fourth-order valence-corrected chi connectivity index (χ4v) is 2.54. The lowest BCUT2D eigenvalue weighted by Crippen LogP contribution is -1.96. The molecule has 84 valence electrons. The van der Waals surface area contributed by atoms with Crippen LogP contribution in [0.3, 0.4) is 0 Å². The van der Waals surface area contributed by atoms with Crippen LogP contribution in [-0.4, -0.2) is 20.6 Å². The summed E-state index contributed by atoms with van der Waals surface area (Å²) in [5, 5.41) is 9.32. The first kappa shape index (κ1) is 12.4. The maximum atomic E-state index is 11.1. The van der Waals surface area contributed by atoms with Crippen molar-refractivity contribution in [3.63, 3.8) is 0 Å². The third kappa shape index (κ3) is 2.30. The Kier molecular flexibility index (Phi) is 3.38. The lowest BCUT2D eigenvalue weighted by Gasteiger charge is -2.10. The number of ether oxygens (including phenoxy) is 1. The first-order chi connectivity index (χ1) is 6.79. The molecule has 0 atom stereocenters. The van der Waals surface area contributed by atoms with Crippen LogP contribution in [0.5, 0.6) is 11.5 Å². The molecule has 1 rings (SSSR count). The van der Waals surface area contributed by atoms with Crippen LogP contribution in [-0.2, 0) is 9.05 Å². The molecule has 0 aliphatic rings. The Balaban J connectivity index is 3.62. The number of hydrogen-bond donors (Lipinski definition) is 1. The Morgan fingerprint density at radius 3 is 2.40 bits per heavy atom. The molecule has 0 radical (unpaired) electrons. The fraction of sp³-hybridized carbons (Fsp3) is 0.250. The average molecular weight is 271 g/mol. The maximum Gasteiger partial charge on any atom is 0.265 e. The van der Waals surface area contributed by atoms with Gasteiger partial charge in [-0.15, -0.1) is 0 Å². The van der Waals surface area contributed by atoms with Gasteiger partial charge in [-0.2, -0.15) is 0 Å². The van der Waals surface area contributed by atoms with E-state index in [9.17, 15) is 13.5 Å². The van der Waals surface area contributed by atoms with E-state index in [1.54, 1.807) is 6.92 Å². The molecule has 0 spiro atoms. The van der Waals surface area contributed by atoms with Crippen LogP contribution in [0.15, 0.2) is 11.0 Å². The summed E-state index contributed by atoms with van der Waals surface area (Å²) in [6, 6.07) is 1.20. The molecule has 0 amide bonds. The van der Waals surface area contributed by atoms with Crippen LogP contribution in [0.1, 0.15) is 5.56 Å². The first-order valence-electron chi connectivity index (χ1n) is 3.79. The lowest BCUT2D eigenvalue weighted by atomic mass is 10.2. The van der Waals surface area contributed by atoms with Crippen molar-refractivity contribution in [3.05, 3.63) is 16.7 Å². The number of aromatic hydroxyl groups is 1. The molecule has 1 aromatic carbocycles. The van der Waals surface area contributed by atoms with E-state index in [1.165, 1.54) is 13.2 Å². The molecule has 0 aromatic heterocycles. The number of rotatable bonds is 2. The molecule has 1 N–H and O–H groups in total. The highest BCUT2D eigenvalue weighted by Gasteiger charge is 2.22. The zero-order chi connectivity index (χ0) is 11.8. The van der Waals surface area contributed by atoms with Gasteiger partial charge >= 0.3 is 0 Å². The average Bonchev–Trinajstić information content (AvgIpc) is 2.10. The van der Waals surface area contributed by atoms with E-state index in [0.29, 0.717) is 5.56 Å². The van der Waals surface area contributed by atoms with Crippen LogP contribution in [0.2, 0.25) is 5.02 Å². The summed E-state index contributed by atoms with van der Waals surface area (Å²) in [7, 11) is 2.46. The van der Waals surface area contributed by atoms with E-state index in [0.717, 1.165) is 0 Å². The summed E-state index contributed by atoms with van der Waals surface area (Å²) in [5.74, 6) is -0.382. The molecule has 4 nitrogen and oxygen atoms in total. The van der Waals surface area contributed by atoms with Gasteiger partial charge in [-0.3, -0.25) is 0 Å². The van der Waals surface area contributed by atoms with E-state index >= 15 is 0 Å².